The number of aromatic nitrogens is 1. The summed E-state index contributed by atoms with van der Waals surface area (Å²) in [6.07, 6.45) is 1.74. The van der Waals surface area contributed by atoms with Gasteiger partial charge in [-0.1, -0.05) is 37.4 Å². The number of ketones is 3. The van der Waals surface area contributed by atoms with Gasteiger partial charge in [-0.05, 0) is 24.6 Å². The lowest BCUT2D eigenvalue weighted by Gasteiger charge is -2.21. The lowest BCUT2D eigenvalue weighted by atomic mass is 9.76. The van der Waals surface area contributed by atoms with Crippen molar-refractivity contribution in [1.82, 2.24) is 4.98 Å². The van der Waals surface area contributed by atoms with Gasteiger partial charge in [0.15, 0.2) is 17.3 Å². The van der Waals surface area contributed by atoms with Crippen molar-refractivity contribution in [2.45, 2.75) is 12.8 Å². The number of nitrogens with zero attached hydrogens (tertiary/aromatic N) is 1. The predicted octanol–water partition coefficient (Wildman–Crippen LogP) is 4.19. The molecule has 1 aromatic carbocycles. The number of rotatable bonds is 2. The van der Waals surface area contributed by atoms with Crippen LogP contribution in [0.3, 0.4) is 0 Å². The number of Topliss-reactive ketones (excluding diaryl/α,β-unsaturated/α-hetero) is 3. The minimum Gasteiger partial charge on any atom is -0.293 e. The highest BCUT2D eigenvalue weighted by Crippen LogP contribution is 2.40. The SMILES string of the molecule is C=C1C(=O)C(=C)C(=O)C(c2cc(-c3cccc4cccnc34)sc2C)C1=O. The van der Waals surface area contributed by atoms with E-state index in [0.29, 0.717) is 5.56 Å². The first-order valence-electron chi connectivity index (χ1n) is 8.35. The summed E-state index contributed by atoms with van der Waals surface area (Å²) in [5.74, 6) is -2.79. The summed E-state index contributed by atoms with van der Waals surface area (Å²) < 4.78 is 0. The van der Waals surface area contributed by atoms with Crippen molar-refractivity contribution < 1.29 is 14.4 Å². The molecule has 0 spiro atoms. The van der Waals surface area contributed by atoms with Crippen LogP contribution in [0.5, 0.6) is 0 Å². The average molecular weight is 373 g/mol. The van der Waals surface area contributed by atoms with E-state index >= 15 is 0 Å². The topological polar surface area (TPSA) is 64.1 Å². The van der Waals surface area contributed by atoms with Crippen LogP contribution in [0.25, 0.3) is 21.3 Å². The molecule has 3 aromatic rings. The quantitative estimate of drug-likeness (QED) is 0.384. The van der Waals surface area contributed by atoms with E-state index in [9.17, 15) is 14.4 Å². The Bertz CT molecular complexity index is 1150. The number of hydrogen-bond acceptors (Lipinski definition) is 5. The van der Waals surface area contributed by atoms with Gasteiger partial charge in [-0.3, -0.25) is 19.4 Å². The van der Waals surface area contributed by atoms with Gasteiger partial charge in [0.2, 0.25) is 0 Å². The summed E-state index contributed by atoms with van der Waals surface area (Å²) in [5.41, 5.74) is 2.05. The summed E-state index contributed by atoms with van der Waals surface area (Å²) in [6.45, 7) is 8.97. The van der Waals surface area contributed by atoms with E-state index in [-0.39, 0.29) is 11.1 Å². The van der Waals surface area contributed by atoms with Gasteiger partial charge in [0.1, 0.15) is 5.92 Å². The molecule has 1 aliphatic carbocycles. The largest absolute Gasteiger partial charge is 0.293 e. The zero-order chi connectivity index (χ0) is 19.3. The van der Waals surface area contributed by atoms with Crippen molar-refractivity contribution in [2.24, 2.45) is 0 Å². The molecule has 1 aliphatic rings. The molecule has 0 saturated heterocycles. The minimum atomic E-state index is -1.05. The summed E-state index contributed by atoms with van der Waals surface area (Å²) in [7, 11) is 0. The molecule has 1 fully saturated rings. The zero-order valence-electron chi connectivity index (χ0n) is 14.6. The Morgan fingerprint density at radius 3 is 2.37 bits per heavy atom. The first kappa shape index (κ1) is 17.2. The van der Waals surface area contributed by atoms with Crippen LogP contribution in [-0.4, -0.2) is 22.3 Å². The molecule has 0 atom stereocenters. The van der Waals surface area contributed by atoms with Crippen molar-refractivity contribution in [3.63, 3.8) is 0 Å². The second-order valence-corrected chi connectivity index (χ2v) is 7.71. The molecule has 0 N–H and O–H groups in total. The van der Waals surface area contributed by atoms with Gasteiger partial charge in [-0.2, -0.15) is 0 Å². The Balaban J connectivity index is 1.86. The molecule has 2 aromatic heterocycles. The van der Waals surface area contributed by atoms with Crippen LogP contribution in [0, 0.1) is 6.92 Å². The highest BCUT2D eigenvalue weighted by Gasteiger charge is 2.42. The lowest BCUT2D eigenvalue weighted by Crippen LogP contribution is -2.35. The number of carbonyl (C=O) groups is 3. The third kappa shape index (κ3) is 2.59. The molecule has 0 aliphatic heterocycles. The molecule has 1 saturated carbocycles. The zero-order valence-corrected chi connectivity index (χ0v) is 15.4. The van der Waals surface area contributed by atoms with Crippen molar-refractivity contribution in [1.29, 1.82) is 0 Å². The molecule has 4 rings (SSSR count). The number of pyridine rings is 1. The van der Waals surface area contributed by atoms with Crippen molar-refractivity contribution >= 4 is 39.6 Å². The van der Waals surface area contributed by atoms with Gasteiger partial charge >= 0.3 is 0 Å². The maximum absolute atomic E-state index is 12.6. The smallest absolute Gasteiger partial charge is 0.199 e. The first-order chi connectivity index (χ1) is 12.9. The van der Waals surface area contributed by atoms with Crippen LogP contribution in [0.4, 0.5) is 0 Å². The lowest BCUT2D eigenvalue weighted by molar-refractivity contribution is -0.130. The number of hydrogen-bond donors (Lipinski definition) is 0. The molecular weight excluding hydrogens is 358 g/mol. The van der Waals surface area contributed by atoms with E-state index in [1.54, 1.807) is 6.20 Å². The van der Waals surface area contributed by atoms with Crippen LogP contribution in [0.1, 0.15) is 16.4 Å². The highest BCUT2D eigenvalue weighted by molar-refractivity contribution is 7.15. The van der Waals surface area contributed by atoms with Crippen molar-refractivity contribution in [3.05, 3.63) is 77.3 Å². The summed E-state index contributed by atoms with van der Waals surface area (Å²) >= 11 is 1.49. The first-order valence-corrected chi connectivity index (χ1v) is 9.17. The van der Waals surface area contributed by atoms with E-state index in [0.717, 1.165) is 26.2 Å². The molecule has 0 bridgehead atoms. The van der Waals surface area contributed by atoms with Gasteiger partial charge < -0.3 is 0 Å². The Morgan fingerprint density at radius 2 is 1.67 bits per heavy atom. The van der Waals surface area contributed by atoms with Crippen molar-refractivity contribution in [3.8, 4) is 10.4 Å². The van der Waals surface area contributed by atoms with Gasteiger partial charge in [-0.15, -0.1) is 11.3 Å². The molecular formula is C22H15NO3S. The third-order valence-corrected chi connectivity index (χ3v) is 5.93. The van der Waals surface area contributed by atoms with E-state index < -0.39 is 23.3 Å². The molecule has 0 amide bonds. The number of carbonyl (C=O) groups excluding carboxylic acids is 3. The van der Waals surface area contributed by atoms with Crippen LogP contribution >= 0.6 is 11.3 Å². The fourth-order valence-corrected chi connectivity index (χ4v) is 4.46. The van der Waals surface area contributed by atoms with E-state index in [4.69, 9.17) is 0 Å². The maximum Gasteiger partial charge on any atom is 0.199 e. The molecule has 5 heteroatoms. The fourth-order valence-electron chi connectivity index (χ4n) is 3.37. The molecule has 4 nitrogen and oxygen atoms in total. The number of aryl methyl sites for hydroxylation is 1. The Morgan fingerprint density at radius 1 is 1.00 bits per heavy atom. The van der Waals surface area contributed by atoms with Crippen LogP contribution in [-0.2, 0) is 14.4 Å². The number of para-hydroxylation sites is 1. The van der Waals surface area contributed by atoms with Crippen LogP contribution in [0.15, 0.2) is 66.9 Å². The van der Waals surface area contributed by atoms with Gasteiger partial charge in [0.25, 0.3) is 0 Å². The summed E-state index contributed by atoms with van der Waals surface area (Å²) in [5, 5.41) is 1.01. The van der Waals surface area contributed by atoms with E-state index in [1.807, 2.05) is 43.3 Å². The standard InChI is InChI=1S/C22H15NO3S/c1-11-20(24)12(2)22(26)18(21(11)25)16-10-17(27-13(16)3)15-8-4-6-14-7-5-9-23-19(14)15/h4-10,18H,1-2H2,3H3. The fraction of sp³-hybridized carbons (Fsp3) is 0.0909. The van der Waals surface area contributed by atoms with Crippen molar-refractivity contribution in [2.75, 3.05) is 0 Å². The van der Waals surface area contributed by atoms with Gasteiger partial charge in [-0.25, -0.2) is 0 Å². The second kappa shape index (κ2) is 6.21. The van der Waals surface area contributed by atoms with Gasteiger partial charge in [0.05, 0.1) is 16.7 Å². The van der Waals surface area contributed by atoms with Crippen LogP contribution < -0.4 is 0 Å². The molecule has 0 unspecified atom stereocenters. The van der Waals surface area contributed by atoms with Crippen LogP contribution in [0.2, 0.25) is 0 Å². The maximum atomic E-state index is 12.6. The Labute approximate surface area is 159 Å². The highest BCUT2D eigenvalue weighted by atomic mass is 32.1. The summed E-state index contributed by atoms with van der Waals surface area (Å²) in [6, 6.07) is 11.6. The monoisotopic (exact) mass is 373 g/mol. The van der Waals surface area contributed by atoms with Gasteiger partial charge in [0, 0.05) is 26.9 Å². The van der Waals surface area contributed by atoms with E-state index in [2.05, 4.69) is 18.1 Å². The normalized spacial score (nSPS) is 15.8. The minimum absolute atomic E-state index is 0.177. The number of benzene rings is 1. The molecule has 0 radical (unpaired) electrons. The summed E-state index contributed by atoms with van der Waals surface area (Å²) in [4.78, 5) is 43.4. The average Bonchev–Trinajstić information content (AvgIpc) is 3.05. The second-order valence-electron chi connectivity index (χ2n) is 6.45. The number of fused-ring (bicyclic) bond motifs is 1. The van der Waals surface area contributed by atoms with E-state index in [1.165, 1.54) is 11.3 Å². The molecule has 27 heavy (non-hydrogen) atoms. The Hall–Kier alpha value is -3.18. The number of allylic oxidation sites excluding steroid dienone is 2. The Kier molecular flexibility index (Phi) is 3.97. The predicted molar refractivity (Wildman–Crippen MR) is 106 cm³/mol. The third-order valence-electron chi connectivity index (χ3n) is 4.83. The molecule has 2 heterocycles. The number of thiophene rings is 1. The molecule has 132 valence electrons.